The minimum atomic E-state index is 0.836. The minimum absolute atomic E-state index is 0.836. The number of aromatic nitrogens is 1. The first-order valence-corrected chi connectivity index (χ1v) is 4.85. The highest BCUT2D eigenvalue weighted by Crippen LogP contribution is 2.10. The quantitative estimate of drug-likeness (QED) is 0.749. The minimum Gasteiger partial charge on any atom is -0.355 e. The van der Waals surface area contributed by atoms with Gasteiger partial charge in [-0.05, 0) is 35.9 Å². The van der Waals surface area contributed by atoms with E-state index in [0.29, 0.717) is 0 Å². The summed E-state index contributed by atoms with van der Waals surface area (Å²) < 4.78 is 0. The van der Waals surface area contributed by atoms with Crippen LogP contribution in [0.5, 0.6) is 0 Å². The highest BCUT2D eigenvalue weighted by atomic mass is 15.2. The van der Waals surface area contributed by atoms with Crippen molar-refractivity contribution in [3.05, 3.63) is 60.3 Å². The van der Waals surface area contributed by atoms with E-state index < -0.39 is 0 Å². The van der Waals surface area contributed by atoms with Crippen LogP contribution in [0.3, 0.4) is 0 Å². The Morgan fingerprint density at radius 3 is 2.87 bits per heavy atom. The largest absolute Gasteiger partial charge is 0.355 e. The third-order valence-corrected chi connectivity index (χ3v) is 2.18. The van der Waals surface area contributed by atoms with Crippen LogP contribution in [0.25, 0.3) is 0 Å². The Hall–Kier alpha value is -2.01. The molecule has 2 aromatic rings. The molecule has 0 atom stereocenters. The molecule has 1 aromatic carbocycles. The Morgan fingerprint density at radius 1 is 1.27 bits per heavy atom. The molecule has 0 spiro atoms. The van der Waals surface area contributed by atoms with Gasteiger partial charge >= 0.3 is 0 Å². The molecule has 0 aliphatic carbocycles. The maximum absolute atomic E-state index is 4.28. The fourth-order valence-corrected chi connectivity index (χ4v) is 1.41. The highest BCUT2D eigenvalue weighted by Gasteiger charge is 2.01. The molecule has 2 heteroatoms. The molecule has 0 N–H and O–H groups in total. The van der Waals surface area contributed by atoms with Crippen LogP contribution in [-0.2, 0) is 6.54 Å². The molecule has 0 unspecified atom stereocenters. The van der Waals surface area contributed by atoms with E-state index in [9.17, 15) is 0 Å². The van der Waals surface area contributed by atoms with Gasteiger partial charge in [-0.3, -0.25) is 0 Å². The van der Waals surface area contributed by atoms with E-state index in [1.54, 1.807) is 6.20 Å². The average Bonchev–Trinajstić information content (AvgIpc) is 2.31. The van der Waals surface area contributed by atoms with Crippen molar-refractivity contribution in [1.29, 1.82) is 0 Å². The van der Waals surface area contributed by atoms with Crippen molar-refractivity contribution in [1.82, 2.24) is 4.98 Å². The Bertz CT molecular complexity index is 397. The van der Waals surface area contributed by atoms with Crippen molar-refractivity contribution >= 4 is 5.82 Å². The second kappa shape index (κ2) is 4.47. The van der Waals surface area contributed by atoms with Gasteiger partial charge in [-0.2, -0.15) is 0 Å². The number of nitrogens with zero attached hydrogens (tertiary/aromatic N) is 2. The lowest BCUT2D eigenvalue weighted by molar-refractivity contribution is 0.898. The first kappa shape index (κ1) is 9.54. The van der Waals surface area contributed by atoms with E-state index in [0.717, 1.165) is 12.4 Å². The summed E-state index contributed by atoms with van der Waals surface area (Å²) in [5, 5.41) is 0. The monoisotopic (exact) mass is 196 g/mol. The molecule has 0 saturated heterocycles. The molecule has 15 heavy (non-hydrogen) atoms. The summed E-state index contributed by atoms with van der Waals surface area (Å²) in [5.41, 5.74) is 1.21. The first-order chi connectivity index (χ1) is 7.36. The molecule has 0 amide bonds. The summed E-state index contributed by atoms with van der Waals surface area (Å²) >= 11 is 0. The van der Waals surface area contributed by atoms with Crippen molar-refractivity contribution in [3.63, 3.8) is 0 Å². The predicted octanol–water partition coefficient (Wildman–Crippen LogP) is 2.32. The fraction of sp³-hybridized carbons (Fsp3) is 0.154. The second-order valence-electron chi connectivity index (χ2n) is 3.39. The van der Waals surface area contributed by atoms with Gasteiger partial charge in [-0.25, -0.2) is 4.98 Å². The highest BCUT2D eigenvalue weighted by molar-refractivity contribution is 5.37. The molecular weight excluding hydrogens is 184 g/mol. The van der Waals surface area contributed by atoms with Gasteiger partial charge < -0.3 is 4.90 Å². The number of hydrogen-bond donors (Lipinski definition) is 0. The zero-order chi connectivity index (χ0) is 10.5. The molecular formula is C13H12N2. The second-order valence-corrected chi connectivity index (χ2v) is 3.39. The van der Waals surface area contributed by atoms with E-state index in [-0.39, 0.29) is 0 Å². The Kier molecular flexibility index (Phi) is 2.85. The van der Waals surface area contributed by atoms with Crippen molar-refractivity contribution in [2.24, 2.45) is 0 Å². The van der Waals surface area contributed by atoms with Gasteiger partial charge in [0.2, 0.25) is 0 Å². The van der Waals surface area contributed by atoms with E-state index in [4.69, 9.17) is 0 Å². The molecule has 0 aliphatic heterocycles. The van der Waals surface area contributed by atoms with Gasteiger partial charge in [0.25, 0.3) is 0 Å². The normalized spacial score (nSPS) is 9.40. The van der Waals surface area contributed by atoms with E-state index >= 15 is 0 Å². The number of anilines is 1. The molecule has 0 saturated carbocycles. The molecule has 0 bridgehead atoms. The smallest absolute Gasteiger partial charge is 0.128 e. The lowest BCUT2D eigenvalue weighted by atomic mass is 10.2. The van der Waals surface area contributed by atoms with Gasteiger partial charge in [-0.1, -0.05) is 18.2 Å². The van der Waals surface area contributed by atoms with Gasteiger partial charge in [-0.15, -0.1) is 0 Å². The predicted molar refractivity (Wildman–Crippen MR) is 60.5 cm³/mol. The van der Waals surface area contributed by atoms with E-state index in [1.807, 2.05) is 43.4 Å². The number of hydrogen-bond acceptors (Lipinski definition) is 2. The Balaban J connectivity index is 2.08. The van der Waals surface area contributed by atoms with Crippen LogP contribution in [0, 0.1) is 12.1 Å². The van der Waals surface area contributed by atoms with Crippen LogP contribution in [0.4, 0.5) is 5.82 Å². The number of rotatable bonds is 3. The van der Waals surface area contributed by atoms with Crippen LogP contribution in [0.1, 0.15) is 5.56 Å². The molecule has 0 aliphatic rings. The third kappa shape index (κ3) is 2.47. The van der Waals surface area contributed by atoms with Gasteiger partial charge in [0.05, 0.1) is 0 Å². The van der Waals surface area contributed by atoms with Crippen molar-refractivity contribution in [3.8, 4) is 0 Å². The summed E-state index contributed by atoms with van der Waals surface area (Å²) in [7, 11) is 2.03. The van der Waals surface area contributed by atoms with Crippen molar-refractivity contribution < 1.29 is 0 Å². The van der Waals surface area contributed by atoms with E-state index in [1.165, 1.54) is 5.56 Å². The molecule has 1 aromatic heterocycles. The summed E-state index contributed by atoms with van der Waals surface area (Å²) in [6.45, 7) is 0.836. The maximum atomic E-state index is 4.28. The van der Waals surface area contributed by atoms with Crippen LogP contribution >= 0.6 is 0 Å². The Labute approximate surface area is 90.2 Å². The van der Waals surface area contributed by atoms with Crippen LogP contribution in [-0.4, -0.2) is 12.0 Å². The summed E-state index contributed by atoms with van der Waals surface area (Å²) in [6, 6.07) is 17.6. The maximum Gasteiger partial charge on any atom is 0.128 e. The SMILES string of the molecule is CN(Cc1cc#ccc1)c1ccccn1. The zero-order valence-corrected chi connectivity index (χ0v) is 8.64. The van der Waals surface area contributed by atoms with Crippen LogP contribution in [0.15, 0.2) is 42.6 Å². The Morgan fingerprint density at radius 2 is 2.20 bits per heavy atom. The number of pyridine rings is 1. The zero-order valence-electron chi connectivity index (χ0n) is 8.64. The topological polar surface area (TPSA) is 16.1 Å². The van der Waals surface area contributed by atoms with E-state index in [2.05, 4.69) is 22.0 Å². The molecule has 0 radical (unpaired) electrons. The van der Waals surface area contributed by atoms with Crippen LogP contribution in [0.2, 0.25) is 0 Å². The molecule has 74 valence electrons. The van der Waals surface area contributed by atoms with Gasteiger partial charge in [0.15, 0.2) is 0 Å². The van der Waals surface area contributed by atoms with Crippen LogP contribution < -0.4 is 4.90 Å². The molecule has 2 rings (SSSR count). The lowest BCUT2D eigenvalue weighted by Gasteiger charge is -2.17. The summed E-state index contributed by atoms with van der Waals surface area (Å²) in [4.78, 5) is 6.38. The average molecular weight is 196 g/mol. The van der Waals surface area contributed by atoms with Gasteiger partial charge in [0, 0.05) is 19.8 Å². The molecule has 0 fully saturated rings. The standard InChI is InChI=1S/C13H12N2/c1-15(13-9-5-6-10-14-13)11-12-7-3-2-4-8-12/h3,5-10H,11H2,1H3. The van der Waals surface area contributed by atoms with Gasteiger partial charge in [0.1, 0.15) is 5.82 Å². The third-order valence-electron chi connectivity index (χ3n) is 2.18. The molecule has 1 heterocycles. The molecule has 2 nitrogen and oxygen atoms in total. The lowest BCUT2D eigenvalue weighted by Crippen LogP contribution is -2.17. The summed E-state index contributed by atoms with van der Waals surface area (Å²) in [5.74, 6) is 0.977. The summed E-state index contributed by atoms with van der Waals surface area (Å²) in [6.07, 6.45) is 1.80. The van der Waals surface area contributed by atoms with Crippen molar-refractivity contribution in [2.75, 3.05) is 11.9 Å². The van der Waals surface area contributed by atoms with Crippen molar-refractivity contribution in [2.45, 2.75) is 6.54 Å². The fourth-order valence-electron chi connectivity index (χ4n) is 1.41. The first-order valence-electron chi connectivity index (χ1n) is 4.85.